The van der Waals surface area contributed by atoms with Crippen LogP contribution in [0.1, 0.15) is 20.8 Å². The Morgan fingerprint density at radius 3 is 2.46 bits per heavy atom. The normalized spacial score (nSPS) is 10.9. The summed E-state index contributed by atoms with van der Waals surface area (Å²) < 4.78 is 1.61. The van der Waals surface area contributed by atoms with Crippen molar-refractivity contribution in [3.05, 3.63) is 40.1 Å². The van der Waals surface area contributed by atoms with Gasteiger partial charge in [0, 0.05) is 11.6 Å². The third kappa shape index (κ3) is 1.97. The van der Waals surface area contributed by atoms with Gasteiger partial charge >= 0.3 is 0 Å². The number of aromatic nitrogens is 1. The lowest BCUT2D eigenvalue weighted by molar-refractivity contribution is 0.384. The maximum Gasteiger partial charge on any atom is 0.240 e. The average molecular weight is 176 g/mol. The molecule has 0 saturated heterocycles. The van der Waals surface area contributed by atoms with Crippen molar-refractivity contribution in [1.82, 2.24) is 4.57 Å². The molecule has 1 rings (SSSR count). The number of hydrogen-bond acceptors (Lipinski definition) is 1. The van der Waals surface area contributed by atoms with Crippen LogP contribution >= 0.6 is 0 Å². The zero-order valence-electron chi connectivity index (χ0n) is 8.03. The van der Waals surface area contributed by atoms with Crippen molar-refractivity contribution in [1.29, 1.82) is 0 Å². The largest absolute Gasteiger partial charge is 0.313 e. The fourth-order valence-electron chi connectivity index (χ4n) is 1.09. The predicted molar refractivity (Wildman–Crippen MR) is 52.0 cm³/mol. The number of hydrogen-bond donors (Lipinski definition) is 0. The molecule has 0 unspecified atom stereocenters. The zero-order valence-corrected chi connectivity index (χ0v) is 8.03. The molecule has 0 bridgehead atoms. The molecule has 1 aromatic heterocycles. The molecule has 3 nitrogen and oxygen atoms in total. The van der Waals surface area contributed by atoms with Gasteiger partial charge in [-0.15, -0.1) is 0 Å². The van der Waals surface area contributed by atoms with Crippen molar-refractivity contribution in [3.63, 3.8) is 0 Å². The van der Waals surface area contributed by atoms with Crippen LogP contribution in [0.5, 0.6) is 0 Å². The van der Waals surface area contributed by atoms with Gasteiger partial charge in [-0.2, -0.15) is 0 Å². The Labute approximate surface area is 77.4 Å². The molecule has 0 fully saturated rings. The first-order valence-electron chi connectivity index (χ1n) is 4.06. The first kappa shape index (κ1) is 9.53. The molecule has 0 spiro atoms. The minimum Gasteiger partial charge on any atom is -0.313 e. The SMILES string of the molecule is [C-]#[N+]c1ccn(C(C)(C)C)c(=O)c1. The van der Waals surface area contributed by atoms with Gasteiger partial charge in [0.2, 0.25) is 5.56 Å². The summed E-state index contributed by atoms with van der Waals surface area (Å²) >= 11 is 0. The van der Waals surface area contributed by atoms with E-state index in [1.165, 1.54) is 6.07 Å². The summed E-state index contributed by atoms with van der Waals surface area (Å²) in [5.74, 6) is 0. The summed E-state index contributed by atoms with van der Waals surface area (Å²) in [5, 5.41) is 0. The summed E-state index contributed by atoms with van der Waals surface area (Å²) in [6, 6.07) is 3.01. The molecule has 0 aliphatic heterocycles. The summed E-state index contributed by atoms with van der Waals surface area (Å²) in [6.07, 6.45) is 1.66. The Kier molecular flexibility index (Phi) is 2.24. The van der Waals surface area contributed by atoms with Crippen LogP contribution in [0, 0.1) is 6.57 Å². The maximum absolute atomic E-state index is 11.5. The molecule has 1 heterocycles. The summed E-state index contributed by atoms with van der Waals surface area (Å²) in [6.45, 7) is 12.6. The number of pyridine rings is 1. The molecule has 0 aliphatic carbocycles. The fraction of sp³-hybridized carbons (Fsp3) is 0.400. The van der Waals surface area contributed by atoms with Gasteiger partial charge in [-0.3, -0.25) is 4.79 Å². The topological polar surface area (TPSA) is 26.4 Å². The first-order valence-corrected chi connectivity index (χ1v) is 4.06. The highest BCUT2D eigenvalue weighted by molar-refractivity contribution is 5.41. The lowest BCUT2D eigenvalue weighted by Crippen LogP contribution is -2.32. The Morgan fingerprint density at radius 1 is 1.46 bits per heavy atom. The van der Waals surface area contributed by atoms with Crippen LogP contribution in [0.3, 0.4) is 0 Å². The lowest BCUT2D eigenvalue weighted by Gasteiger charge is -2.21. The van der Waals surface area contributed by atoms with E-state index in [-0.39, 0.29) is 11.1 Å². The lowest BCUT2D eigenvalue weighted by atomic mass is 10.1. The van der Waals surface area contributed by atoms with Gasteiger partial charge in [-0.1, -0.05) is 0 Å². The van der Waals surface area contributed by atoms with E-state index in [2.05, 4.69) is 4.85 Å². The van der Waals surface area contributed by atoms with Crippen LogP contribution in [0.15, 0.2) is 23.1 Å². The fourth-order valence-corrected chi connectivity index (χ4v) is 1.09. The Bertz CT molecular complexity index is 404. The minimum atomic E-state index is -0.225. The summed E-state index contributed by atoms with van der Waals surface area (Å²) in [4.78, 5) is 14.7. The van der Waals surface area contributed by atoms with Gasteiger partial charge in [0.05, 0.1) is 6.57 Å². The molecular formula is C10H12N2O. The van der Waals surface area contributed by atoms with E-state index in [0.29, 0.717) is 5.69 Å². The quantitative estimate of drug-likeness (QED) is 0.556. The minimum absolute atomic E-state index is 0.124. The highest BCUT2D eigenvalue weighted by atomic mass is 16.1. The molecule has 0 atom stereocenters. The molecule has 68 valence electrons. The summed E-state index contributed by atoms with van der Waals surface area (Å²) in [7, 11) is 0. The van der Waals surface area contributed by atoms with E-state index < -0.39 is 0 Å². The van der Waals surface area contributed by atoms with Crippen LogP contribution < -0.4 is 5.56 Å². The monoisotopic (exact) mass is 176 g/mol. The third-order valence-corrected chi connectivity index (χ3v) is 1.75. The van der Waals surface area contributed by atoms with Crippen molar-refractivity contribution in [2.45, 2.75) is 26.3 Å². The van der Waals surface area contributed by atoms with E-state index in [4.69, 9.17) is 6.57 Å². The molecule has 3 heteroatoms. The van der Waals surface area contributed by atoms with Crippen molar-refractivity contribution in [2.24, 2.45) is 0 Å². The smallest absolute Gasteiger partial charge is 0.240 e. The average Bonchev–Trinajstić information content (AvgIpc) is 2.01. The van der Waals surface area contributed by atoms with E-state index in [1.807, 2.05) is 20.8 Å². The van der Waals surface area contributed by atoms with Crippen molar-refractivity contribution in [2.75, 3.05) is 0 Å². The van der Waals surface area contributed by atoms with Crippen LogP contribution in [0.25, 0.3) is 4.85 Å². The van der Waals surface area contributed by atoms with Crippen molar-refractivity contribution in [3.8, 4) is 0 Å². The zero-order chi connectivity index (χ0) is 10.1. The predicted octanol–water partition coefficient (Wildman–Crippen LogP) is 2.15. The second-order valence-electron chi connectivity index (χ2n) is 3.88. The Morgan fingerprint density at radius 2 is 2.08 bits per heavy atom. The van der Waals surface area contributed by atoms with E-state index >= 15 is 0 Å². The number of nitrogens with zero attached hydrogens (tertiary/aromatic N) is 2. The van der Waals surface area contributed by atoms with Gasteiger partial charge in [0.25, 0.3) is 0 Å². The third-order valence-electron chi connectivity index (χ3n) is 1.75. The van der Waals surface area contributed by atoms with Crippen LogP contribution in [-0.2, 0) is 5.54 Å². The molecule has 13 heavy (non-hydrogen) atoms. The molecule has 1 aromatic rings. The van der Waals surface area contributed by atoms with Gasteiger partial charge in [-0.25, -0.2) is 4.85 Å². The second kappa shape index (κ2) is 3.06. The van der Waals surface area contributed by atoms with Gasteiger partial charge < -0.3 is 4.57 Å². The molecule has 0 aliphatic rings. The van der Waals surface area contributed by atoms with E-state index in [0.717, 1.165) is 0 Å². The highest BCUT2D eigenvalue weighted by Crippen LogP contribution is 2.13. The van der Waals surface area contributed by atoms with Gasteiger partial charge in [0.1, 0.15) is 0 Å². The molecule has 0 N–H and O–H groups in total. The van der Waals surface area contributed by atoms with E-state index in [1.54, 1.807) is 16.8 Å². The summed E-state index contributed by atoms with van der Waals surface area (Å²) in [5.41, 5.74) is 0.0453. The number of rotatable bonds is 0. The highest BCUT2D eigenvalue weighted by Gasteiger charge is 2.13. The van der Waals surface area contributed by atoms with E-state index in [9.17, 15) is 4.79 Å². The van der Waals surface area contributed by atoms with Crippen LogP contribution in [-0.4, -0.2) is 4.57 Å². The van der Waals surface area contributed by atoms with Crippen molar-refractivity contribution < 1.29 is 0 Å². The molecule has 0 saturated carbocycles. The Balaban J connectivity index is 3.32. The van der Waals surface area contributed by atoms with Gasteiger partial charge in [0.15, 0.2) is 5.69 Å². The second-order valence-corrected chi connectivity index (χ2v) is 3.88. The first-order chi connectivity index (χ1) is 5.95. The molecule has 0 amide bonds. The molecule has 0 aromatic carbocycles. The standard InChI is InChI=1S/C10H12N2O/c1-10(2,3)12-6-5-8(11-4)7-9(12)13/h5-7H,1-3H3. The Hall–Kier alpha value is -1.56. The molecule has 0 radical (unpaired) electrons. The molecular weight excluding hydrogens is 164 g/mol. The van der Waals surface area contributed by atoms with Crippen LogP contribution in [0.4, 0.5) is 5.69 Å². The maximum atomic E-state index is 11.5. The van der Waals surface area contributed by atoms with Crippen molar-refractivity contribution >= 4 is 5.69 Å². The van der Waals surface area contributed by atoms with Gasteiger partial charge in [-0.05, 0) is 33.0 Å². The van der Waals surface area contributed by atoms with Crippen LogP contribution in [0.2, 0.25) is 0 Å².